The number of nitrogen functional groups attached to an aromatic ring is 2. The second-order valence-electron chi connectivity index (χ2n) is 6.37. The number of nitrogens with two attached hydrogens (primary N) is 2. The molecule has 0 fully saturated rings. The molecule has 0 bridgehead atoms. The van der Waals surface area contributed by atoms with Gasteiger partial charge in [-0.2, -0.15) is 0 Å². The lowest BCUT2D eigenvalue weighted by Crippen LogP contribution is -2.52. The number of rotatable bonds is 5. The topological polar surface area (TPSA) is 175 Å². The molecule has 0 amide bonds. The maximum Gasteiger partial charge on any atom is 0.518 e. The van der Waals surface area contributed by atoms with Crippen LogP contribution in [-0.4, -0.2) is 21.2 Å². The molecule has 0 atom stereocenters. The van der Waals surface area contributed by atoms with Crippen LogP contribution in [0.4, 0.5) is 22.7 Å². The van der Waals surface area contributed by atoms with E-state index in [0.717, 1.165) is 0 Å². The monoisotopic (exact) mass is 412 g/mol. The Balaban J connectivity index is 1.76. The van der Waals surface area contributed by atoms with Crippen LogP contribution in [0.1, 0.15) is 0 Å². The Morgan fingerprint density at radius 1 is 0.933 bits per heavy atom. The second kappa shape index (κ2) is 6.81. The first-order valence-electron chi connectivity index (χ1n) is 8.55. The largest absolute Gasteiger partial charge is 0.518 e. The quantitative estimate of drug-likeness (QED) is 0.138. The summed E-state index contributed by atoms with van der Waals surface area (Å²) in [6.07, 6.45) is -2.10. The van der Waals surface area contributed by atoms with Gasteiger partial charge in [0.15, 0.2) is 17.2 Å². The molecule has 0 aromatic heterocycles. The molecule has 0 spiro atoms. The van der Waals surface area contributed by atoms with Gasteiger partial charge < -0.3 is 35.9 Å². The van der Waals surface area contributed by atoms with Crippen LogP contribution in [0.25, 0.3) is 0 Å². The van der Waals surface area contributed by atoms with E-state index in [0.29, 0.717) is 0 Å². The maximum absolute atomic E-state index is 11.1. The fourth-order valence-electron chi connectivity index (χ4n) is 2.78. The van der Waals surface area contributed by atoms with Crippen molar-refractivity contribution in [2.45, 2.75) is 6.10 Å². The number of anilines is 3. The Bertz CT molecular complexity index is 1100. The molecule has 0 aliphatic carbocycles. The number of non-ortho nitro benzene ring substituents is 1. The van der Waals surface area contributed by atoms with Crippen molar-refractivity contribution in [3.8, 4) is 28.7 Å². The van der Waals surface area contributed by atoms with Crippen LogP contribution >= 0.6 is 0 Å². The van der Waals surface area contributed by atoms with Crippen molar-refractivity contribution in [2.75, 3.05) is 16.8 Å². The van der Waals surface area contributed by atoms with Gasteiger partial charge in [-0.25, -0.2) is 0 Å². The summed E-state index contributed by atoms with van der Waals surface area (Å²) in [5.41, 5.74) is 12.2. The van der Waals surface area contributed by atoms with E-state index < -0.39 is 11.0 Å². The molecule has 11 nitrogen and oxygen atoms in total. The first-order valence-corrected chi connectivity index (χ1v) is 8.55. The van der Waals surface area contributed by atoms with Gasteiger partial charge in [0.1, 0.15) is 11.5 Å². The third kappa shape index (κ3) is 3.46. The molecule has 0 saturated carbocycles. The number of fused-ring (bicyclic) bond motifs is 1. The molecule has 7 N–H and O–H groups in total. The summed E-state index contributed by atoms with van der Waals surface area (Å²) in [6, 6.07) is 11.9. The van der Waals surface area contributed by atoms with Crippen LogP contribution in [0, 0.1) is 10.1 Å². The number of aromatic hydroxyl groups is 2. The van der Waals surface area contributed by atoms with Crippen LogP contribution in [0.2, 0.25) is 0 Å². The predicted octanol–water partition coefficient (Wildman–Crippen LogP) is 2.74. The summed E-state index contributed by atoms with van der Waals surface area (Å²) < 4.78 is 17.4. The van der Waals surface area contributed by atoms with E-state index in [4.69, 9.17) is 25.7 Å². The van der Waals surface area contributed by atoms with Crippen molar-refractivity contribution in [1.29, 1.82) is 0 Å². The summed E-state index contributed by atoms with van der Waals surface area (Å²) in [5, 5.41) is 33.4. The predicted molar refractivity (Wildman–Crippen MR) is 106 cm³/mol. The van der Waals surface area contributed by atoms with Crippen molar-refractivity contribution in [2.24, 2.45) is 0 Å². The Hall–Kier alpha value is -4.54. The van der Waals surface area contributed by atoms with Gasteiger partial charge in [0.25, 0.3) is 5.69 Å². The van der Waals surface area contributed by atoms with Crippen molar-refractivity contribution in [3.05, 3.63) is 64.7 Å². The molecule has 0 radical (unpaired) electrons. The summed E-state index contributed by atoms with van der Waals surface area (Å²) in [7, 11) is 0. The summed E-state index contributed by atoms with van der Waals surface area (Å²) in [6.45, 7) is 0. The van der Waals surface area contributed by atoms with E-state index in [1.54, 1.807) is 0 Å². The minimum Gasteiger partial charge on any atom is -0.508 e. The van der Waals surface area contributed by atoms with Gasteiger partial charge in [0, 0.05) is 24.3 Å². The highest BCUT2D eigenvalue weighted by molar-refractivity contribution is 5.66. The van der Waals surface area contributed by atoms with Gasteiger partial charge in [-0.1, -0.05) is 0 Å². The molecule has 0 saturated heterocycles. The number of hydrogen-bond acceptors (Lipinski definition) is 10. The number of ether oxygens (including phenoxy) is 3. The number of nitro benzene ring substituents is 1. The molecule has 1 aliphatic heterocycles. The van der Waals surface area contributed by atoms with Crippen molar-refractivity contribution < 1.29 is 29.3 Å². The summed E-state index contributed by atoms with van der Waals surface area (Å²) in [4.78, 5) is 10.5. The SMILES string of the molecule is Nc1ccc(O)cc1OC1(Oc2cc(O)ccc2N)Nc2cc([N+](=O)[O-])ccc2O1. The number of phenols is 2. The minimum atomic E-state index is -2.10. The Morgan fingerprint density at radius 3 is 2.03 bits per heavy atom. The van der Waals surface area contributed by atoms with E-state index >= 15 is 0 Å². The van der Waals surface area contributed by atoms with E-state index in [1.807, 2.05) is 0 Å². The molecule has 3 aromatic rings. The standard InChI is InChI=1S/C19H16N4O7/c20-13-4-2-11(24)8-17(13)29-19(30-18-9-12(25)3-5-14(18)21)22-15-7-10(23(26)27)1-6-16(15)28-19/h1-9,22,24-25H,20-21H2. The molecule has 3 aromatic carbocycles. The Labute approximate surface area is 169 Å². The number of nitrogens with one attached hydrogen (secondary N) is 1. The van der Waals surface area contributed by atoms with Gasteiger partial charge in [0.2, 0.25) is 0 Å². The molecular formula is C19H16N4O7. The summed E-state index contributed by atoms with van der Waals surface area (Å²) in [5.74, 6) is -0.0557. The Kier molecular flexibility index (Phi) is 4.27. The van der Waals surface area contributed by atoms with Crippen LogP contribution in [0.3, 0.4) is 0 Å². The van der Waals surface area contributed by atoms with Gasteiger partial charge >= 0.3 is 6.10 Å². The highest BCUT2D eigenvalue weighted by atomic mass is 16.9. The van der Waals surface area contributed by atoms with Crippen LogP contribution < -0.4 is 31.0 Å². The van der Waals surface area contributed by atoms with E-state index in [-0.39, 0.29) is 51.5 Å². The van der Waals surface area contributed by atoms with Crippen LogP contribution in [-0.2, 0) is 0 Å². The lowest BCUT2D eigenvalue weighted by molar-refractivity contribution is -0.384. The molecule has 154 valence electrons. The smallest absolute Gasteiger partial charge is 0.508 e. The van der Waals surface area contributed by atoms with Gasteiger partial charge in [-0.15, -0.1) is 0 Å². The normalized spacial score (nSPS) is 13.6. The average molecular weight is 412 g/mol. The number of nitrogens with zero attached hydrogens (tertiary/aromatic N) is 1. The molecular weight excluding hydrogens is 396 g/mol. The zero-order valence-electron chi connectivity index (χ0n) is 15.2. The lowest BCUT2D eigenvalue weighted by atomic mass is 10.2. The second-order valence-corrected chi connectivity index (χ2v) is 6.37. The number of hydrogen-bond donors (Lipinski definition) is 5. The van der Waals surface area contributed by atoms with E-state index in [1.165, 1.54) is 54.6 Å². The molecule has 1 heterocycles. The summed E-state index contributed by atoms with van der Waals surface area (Å²) >= 11 is 0. The third-order valence-corrected chi connectivity index (χ3v) is 4.19. The van der Waals surface area contributed by atoms with E-state index in [9.17, 15) is 20.3 Å². The number of benzene rings is 3. The maximum atomic E-state index is 11.1. The average Bonchev–Trinajstić information content (AvgIpc) is 3.04. The minimum absolute atomic E-state index is 0.00327. The fourth-order valence-corrected chi connectivity index (χ4v) is 2.78. The van der Waals surface area contributed by atoms with Crippen molar-refractivity contribution in [3.63, 3.8) is 0 Å². The lowest BCUT2D eigenvalue weighted by Gasteiger charge is -2.29. The van der Waals surface area contributed by atoms with Gasteiger partial charge in [-0.05, 0) is 30.3 Å². The first-order chi connectivity index (χ1) is 14.2. The molecule has 11 heteroatoms. The molecule has 0 unspecified atom stereocenters. The fraction of sp³-hybridized carbons (Fsp3) is 0.0526. The number of nitro groups is 1. The van der Waals surface area contributed by atoms with Crippen molar-refractivity contribution in [1.82, 2.24) is 0 Å². The zero-order chi connectivity index (χ0) is 21.5. The van der Waals surface area contributed by atoms with Gasteiger partial charge in [0.05, 0.1) is 22.0 Å². The molecule has 4 rings (SSSR count). The molecule has 1 aliphatic rings. The van der Waals surface area contributed by atoms with Crippen LogP contribution in [0.15, 0.2) is 54.6 Å². The Morgan fingerprint density at radius 2 is 1.50 bits per heavy atom. The van der Waals surface area contributed by atoms with Crippen molar-refractivity contribution >= 4 is 22.7 Å². The molecule has 30 heavy (non-hydrogen) atoms. The number of phenolic OH excluding ortho intramolecular Hbond substituents is 2. The zero-order valence-corrected chi connectivity index (χ0v) is 15.2. The van der Waals surface area contributed by atoms with Gasteiger partial charge in [-0.3, -0.25) is 15.4 Å². The highest BCUT2D eigenvalue weighted by Gasteiger charge is 2.47. The first kappa shape index (κ1) is 18.8. The van der Waals surface area contributed by atoms with E-state index in [2.05, 4.69) is 5.32 Å². The highest BCUT2D eigenvalue weighted by Crippen LogP contribution is 2.43. The van der Waals surface area contributed by atoms with Crippen LogP contribution in [0.5, 0.6) is 28.7 Å². The third-order valence-electron chi connectivity index (χ3n) is 4.19.